The van der Waals surface area contributed by atoms with Crippen molar-refractivity contribution in [2.45, 2.75) is 68.5 Å². The number of hydrogen-bond donors (Lipinski definition) is 2. The summed E-state index contributed by atoms with van der Waals surface area (Å²) in [6.07, 6.45) is 5.71. The molecule has 1 aliphatic carbocycles. The second kappa shape index (κ2) is 11.0. The Labute approximate surface area is 275 Å². The van der Waals surface area contributed by atoms with Crippen LogP contribution in [0.15, 0.2) is 23.5 Å². The summed E-state index contributed by atoms with van der Waals surface area (Å²) in [5, 5.41) is 11.7. The van der Waals surface area contributed by atoms with E-state index in [1.807, 2.05) is 6.07 Å². The first-order valence-corrected chi connectivity index (χ1v) is 17.0. The molecule has 1 aromatic carbocycles. The van der Waals surface area contributed by atoms with Crippen molar-refractivity contribution in [1.29, 1.82) is 0 Å². The minimum Gasteiger partial charge on any atom is -0.449 e. The Morgan fingerprint density at radius 1 is 1.23 bits per heavy atom. The minimum atomic E-state index is -0.901. The molecule has 8 heterocycles. The summed E-state index contributed by atoms with van der Waals surface area (Å²) in [5.41, 5.74) is 2.69. The lowest BCUT2D eigenvalue weighted by atomic mass is 9.94. The number of aliphatic imine (C=N–C) groups is 1. The Kier molecular flexibility index (Phi) is 6.92. The normalized spacial score (nSPS) is 31.7. The van der Waals surface area contributed by atoms with Crippen LogP contribution in [0.2, 0.25) is 5.02 Å². The predicted octanol–water partition coefficient (Wildman–Crippen LogP) is 5.12. The molecule has 6 aliphatic heterocycles. The smallest absolute Gasteiger partial charge is 0.409 e. The van der Waals surface area contributed by atoms with E-state index in [4.69, 9.17) is 31.1 Å². The van der Waals surface area contributed by atoms with Crippen molar-refractivity contribution in [2.24, 2.45) is 10.9 Å². The molecule has 1 amide bonds. The topological polar surface area (TPSA) is 111 Å². The number of rotatable bonds is 3. The molecule has 3 saturated heterocycles. The quantitative estimate of drug-likeness (QED) is 0.397. The Bertz CT molecular complexity index is 1800. The van der Waals surface area contributed by atoms with E-state index in [9.17, 15) is 9.18 Å². The number of carbonyl (C=O) groups is 1. The van der Waals surface area contributed by atoms with Gasteiger partial charge in [-0.15, -0.1) is 0 Å². The molecule has 4 fully saturated rings. The number of hydrogen-bond acceptors (Lipinski definition) is 9. The number of nitrogens with zero attached hydrogens (tertiary/aromatic N) is 6. The van der Waals surface area contributed by atoms with Crippen LogP contribution in [0, 0.1) is 11.7 Å². The first kappa shape index (κ1) is 29.6. The number of alkyl halides is 1. The van der Waals surface area contributed by atoms with E-state index >= 15 is 4.39 Å². The number of anilines is 1. The van der Waals surface area contributed by atoms with E-state index in [-0.39, 0.29) is 47.5 Å². The molecule has 6 atom stereocenters. The number of likely N-dealkylation sites (N-methyl/N-ethyl adjacent to an activating group) is 1. The second-order valence-corrected chi connectivity index (χ2v) is 14.4. The number of H-pyrrole nitrogens is 1. The van der Waals surface area contributed by atoms with Gasteiger partial charge in [0, 0.05) is 60.8 Å². The lowest BCUT2D eigenvalue weighted by Gasteiger charge is -2.35. The van der Waals surface area contributed by atoms with Crippen LogP contribution < -0.4 is 5.32 Å². The summed E-state index contributed by atoms with van der Waals surface area (Å²) in [5.74, 6) is 0.320. The molecule has 2 aromatic heterocycles. The number of pyridine rings is 1. The molecule has 10 rings (SSSR count). The lowest BCUT2D eigenvalue weighted by Crippen LogP contribution is -2.46. The fourth-order valence-electron chi connectivity index (χ4n) is 8.73. The third-order valence-corrected chi connectivity index (χ3v) is 11.6. The Morgan fingerprint density at radius 2 is 2.13 bits per heavy atom. The zero-order valence-corrected chi connectivity index (χ0v) is 26.9. The predicted molar refractivity (Wildman–Crippen MR) is 172 cm³/mol. The van der Waals surface area contributed by atoms with E-state index < -0.39 is 18.3 Å². The van der Waals surface area contributed by atoms with Crippen molar-refractivity contribution in [3.8, 4) is 11.3 Å². The summed E-state index contributed by atoms with van der Waals surface area (Å²) in [7, 11) is 1.76. The van der Waals surface area contributed by atoms with Gasteiger partial charge in [0.25, 0.3) is 0 Å². The third-order valence-electron chi connectivity index (χ3n) is 11.3. The van der Waals surface area contributed by atoms with Crippen LogP contribution in [0.4, 0.5) is 19.3 Å². The number of fused-ring (bicyclic) bond motifs is 7. The first-order valence-electron chi connectivity index (χ1n) is 16.6. The molecule has 14 heteroatoms. The summed E-state index contributed by atoms with van der Waals surface area (Å²) in [6, 6.07) is 1.73. The van der Waals surface area contributed by atoms with Crippen LogP contribution in [0.3, 0.4) is 0 Å². The van der Waals surface area contributed by atoms with E-state index in [1.54, 1.807) is 24.3 Å². The Balaban J connectivity index is 1.16. The van der Waals surface area contributed by atoms with Gasteiger partial charge < -0.3 is 24.6 Å². The SMILES string of the molecule is CN1C(=O)OCC[C@H]2C[C@H]2c2c(Cl)cc3[nH]ncc3c2-c2ncc3c(c2F)NC(OC[C@@]24CCCN2C[C@H](F)C4)N=C3N2CC[C@@H]1C2. The van der Waals surface area contributed by atoms with E-state index in [0.717, 1.165) is 36.8 Å². The fraction of sp³-hybridized carbons (Fsp3) is 0.576. The molecule has 2 N–H and O–H groups in total. The van der Waals surface area contributed by atoms with Crippen LogP contribution in [-0.4, -0.2) is 112 Å². The molecule has 1 saturated carbocycles. The monoisotopic (exact) mass is 666 g/mol. The fourth-order valence-corrected chi connectivity index (χ4v) is 9.08. The summed E-state index contributed by atoms with van der Waals surface area (Å²) in [4.78, 5) is 28.7. The highest BCUT2D eigenvalue weighted by molar-refractivity contribution is 6.33. The summed E-state index contributed by atoms with van der Waals surface area (Å²) in [6.45, 7) is 2.95. The van der Waals surface area contributed by atoms with Crippen molar-refractivity contribution < 1.29 is 23.0 Å². The Hall–Kier alpha value is -3.55. The molecular formula is C33H37ClF2N8O3. The van der Waals surface area contributed by atoms with Crippen LogP contribution in [-0.2, 0) is 9.47 Å². The van der Waals surface area contributed by atoms with Crippen molar-refractivity contribution in [2.75, 3.05) is 51.8 Å². The maximum atomic E-state index is 17.2. The number of aromatic nitrogens is 3. The highest BCUT2D eigenvalue weighted by atomic mass is 35.5. The first-order chi connectivity index (χ1) is 22.8. The average Bonchev–Trinajstić information content (AvgIpc) is 3.47. The van der Waals surface area contributed by atoms with Gasteiger partial charge in [-0.1, -0.05) is 11.6 Å². The molecule has 7 aliphatic rings. The number of amidine groups is 1. The van der Waals surface area contributed by atoms with Crippen molar-refractivity contribution in [1.82, 2.24) is 29.9 Å². The number of aromatic amines is 1. The molecule has 1 unspecified atom stereocenters. The summed E-state index contributed by atoms with van der Waals surface area (Å²) < 4.78 is 43.9. The van der Waals surface area contributed by atoms with Crippen molar-refractivity contribution in [3.05, 3.63) is 40.4 Å². The second-order valence-electron chi connectivity index (χ2n) is 14.0. The van der Waals surface area contributed by atoms with Gasteiger partial charge >= 0.3 is 6.09 Å². The number of carbonyl (C=O) groups excluding carboxylic acids is 1. The van der Waals surface area contributed by atoms with Crippen molar-refractivity contribution in [3.63, 3.8) is 0 Å². The largest absolute Gasteiger partial charge is 0.449 e. The molecule has 6 bridgehead atoms. The van der Waals surface area contributed by atoms with E-state index in [1.165, 1.54) is 0 Å². The van der Waals surface area contributed by atoms with Gasteiger partial charge in [0.1, 0.15) is 17.7 Å². The zero-order valence-electron chi connectivity index (χ0n) is 26.1. The highest BCUT2D eigenvalue weighted by Gasteiger charge is 2.49. The molecule has 248 valence electrons. The zero-order chi connectivity index (χ0) is 32.0. The van der Waals surface area contributed by atoms with Gasteiger partial charge in [0.05, 0.1) is 42.2 Å². The number of ether oxygens (including phenoxy) is 2. The van der Waals surface area contributed by atoms with Crippen LogP contribution in [0.1, 0.15) is 55.6 Å². The third kappa shape index (κ3) is 4.79. The van der Waals surface area contributed by atoms with Gasteiger partial charge in [-0.2, -0.15) is 5.10 Å². The number of nitrogens with one attached hydrogen (secondary N) is 2. The van der Waals surface area contributed by atoms with Gasteiger partial charge in [0.15, 0.2) is 5.82 Å². The van der Waals surface area contributed by atoms with Gasteiger partial charge in [-0.05, 0) is 62.1 Å². The maximum Gasteiger partial charge on any atom is 0.409 e. The minimum absolute atomic E-state index is 0.0591. The highest BCUT2D eigenvalue weighted by Crippen LogP contribution is 2.56. The molecule has 47 heavy (non-hydrogen) atoms. The van der Waals surface area contributed by atoms with E-state index in [0.29, 0.717) is 73.0 Å². The lowest BCUT2D eigenvalue weighted by molar-refractivity contribution is 0.00167. The molecule has 11 nitrogen and oxygen atoms in total. The summed E-state index contributed by atoms with van der Waals surface area (Å²) >= 11 is 6.93. The average molecular weight is 667 g/mol. The van der Waals surface area contributed by atoms with Gasteiger partial charge in [-0.3, -0.25) is 15.0 Å². The number of amides is 1. The number of halogens is 3. The van der Waals surface area contributed by atoms with Crippen molar-refractivity contribution >= 4 is 40.1 Å². The van der Waals surface area contributed by atoms with Crippen LogP contribution >= 0.6 is 11.6 Å². The molecule has 0 spiro atoms. The van der Waals surface area contributed by atoms with Crippen LogP contribution in [0.5, 0.6) is 0 Å². The van der Waals surface area contributed by atoms with Crippen LogP contribution in [0.25, 0.3) is 22.2 Å². The molecular weight excluding hydrogens is 630 g/mol. The maximum absolute atomic E-state index is 17.2. The standard InChI is InChI=1S/C33H37ClF2N8O3/c1-42-19-3-7-43(15-19)30-22-12-37-29(27(36)28(22)39-31(40-30)47-16-33-5-2-6-44(33)14-18(35)11-33)26-21-13-38-41-24(21)10-23(34)25(26)20-9-17(20)4-8-46-32(42)45/h10,12-13,17-20,31,39H,2-9,11,14-16H2,1H3,(H,38,41)/t17-,18+,19+,20+,31?,33-/m0/s1. The Morgan fingerprint density at radius 3 is 3.02 bits per heavy atom. The van der Waals surface area contributed by atoms with E-state index in [2.05, 4.69) is 25.3 Å². The number of benzene rings is 1. The van der Waals surface area contributed by atoms with Gasteiger partial charge in [0.2, 0.25) is 6.35 Å². The molecule has 3 aromatic rings. The van der Waals surface area contributed by atoms with Gasteiger partial charge in [-0.25, -0.2) is 18.6 Å². The molecule has 0 radical (unpaired) electrons.